The number of nitrogens with zero attached hydrogens (tertiary/aromatic N) is 1. The molecule has 0 bridgehead atoms. The van der Waals surface area contributed by atoms with Crippen LogP contribution in [0.1, 0.15) is 10.4 Å². The molecule has 0 fully saturated rings. The van der Waals surface area contributed by atoms with E-state index in [-0.39, 0.29) is 22.7 Å². The lowest BCUT2D eigenvalue weighted by Gasteiger charge is -2.07. The summed E-state index contributed by atoms with van der Waals surface area (Å²) in [6.07, 6.45) is 0. The Bertz CT molecular complexity index is 811. The van der Waals surface area contributed by atoms with Crippen LogP contribution < -0.4 is 10.1 Å². The van der Waals surface area contributed by atoms with Crippen LogP contribution in [0.5, 0.6) is 5.75 Å². The third-order valence-electron chi connectivity index (χ3n) is 2.99. The quantitative estimate of drug-likeness (QED) is 0.458. The van der Waals surface area contributed by atoms with Gasteiger partial charge in [0, 0.05) is 17.8 Å². The number of rotatable bonds is 7. The highest BCUT2D eigenvalue weighted by molar-refractivity contribution is 5.95. The summed E-state index contributed by atoms with van der Waals surface area (Å²) in [4.78, 5) is 33.6. The van der Waals surface area contributed by atoms with Crippen molar-refractivity contribution in [2.45, 2.75) is 6.61 Å². The Kier molecular flexibility index (Phi) is 6.15. The fourth-order valence-electron chi connectivity index (χ4n) is 1.88. The predicted octanol–water partition coefficient (Wildman–Crippen LogP) is 2.99. The van der Waals surface area contributed by atoms with Crippen molar-refractivity contribution in [2.24, 2.45) is 0 Å². The highest BCUT2D eigenvalue weighted by atomic mass is 19.3. The van der Waals surface area contributed by atoms with E-state index in [0.717, 1.165) is 18.2 Å². The molecule has 8 nitrogen and oxygen atoms in total. The summed E-state index contributed by atoms with van der Waals surface area (Å²) in [5.41, 5.74) is 0.00872. The second kappa shape index (κ2) is 8.51. The summed E-state index contributed by atoms with van der Waals surface area (Å²) in [7, 11) is 0. The summed E-state index contributed by atoms with van der Waals surface area (Å²) in [6.45, 7) is -3.61. The highest BCUT2D eigenvalue weighted by Gasteiger charge is 2.13. The van der Waals surface area contributed by atoms with Crippen LogP contribution in [-0.2, 0) is 9.53 Å². The van der Waals surface area contributed by atoms with Gasteiger partial charge in [-0.05, 0) is 30.3 Å². The lowest BCUT2D eigenvalue weighted by atomic mass is 10.2. The number of anilines is 1. The number of nitro benzene ring substituents is 1. The summed E-state index contributed by atoms with van der Waals surface area (Å²) < 4.78 is 33.0. The van der Waals surface area contributed by atoms with E-state index >= 15 is 0 Å². The third-order valence-corrected chi connectivity index (χ3v) is 2.99. The second-order valence-electron chi connectivity index (χ2n) is 4.83. The first kappa shape index (κ1) is 18.8. The lowest BCUT2D eigenvalue weighted by molar-refractivity contribution is -0.384. The predicted molar refractivity (Wildman–Crippen MR) is 85.1 cm³/mol. The topological polar surface area (TPSA) is 108 Å². The Morgan fingerprint density at radius 3 is 2.46 bits per heavy atom. The average Bonchev–Trinajstić information content (AvgIpc) is 2.60. The number of amides is 1. The molecule has 1 N–H and O–H groups in total. The van der Waals surface area contributed by atoms with Crippen LogP contribution in [0.2, 0.25) is 0 Å². The van der Waals surface area contributed by atoms with Crippen LogP contribution in [0.3, 0.4) is 0 Å². The number of carbonyl (C=O) groups excluding carboxylic acids is 2. The van der Waals surface area contributed by atoms with E-state index in [4.69, 9.17) is 4.74 Å². The molecule has 0 aliphatic heterocycles. The van der Waals surface area contributed by atoms with Gasteiger partial charge in [0.15, 0.2) is 6.61 Å². The summed E-state index contributed by atoms with van der Waals surface area (Å²) in [5.74, 6) is -1.67. The van der Waals surface area contributed by atoms with E-state index in [0.29, 0.717) is 0 Å². The van der Waals surface area contributed by atoms with Crippen LogP contribution in [-0.4, -0.2) is 30.0 Å². The van der Waals surface area contributed by atoms with Gasteiger partial charge in [-0.15, -0.1) is 0 Å². The molecule has 0 heterocycles. The fraction of sp³-hybridized carbons (Fsp3) is 0.125. The minimum Gasteiger partial charge on any atom is -0.452 e. The van der Waals surface area contributed by atoms with E-state index in [1.807, 2.05) is 0 Å². The first-order chi connectivity index (χ1) is 12.3. The van der Waals surface area contributed by atoms with Crippen molar-refractivity contribution in [1.82, 2.24) is 0 Å². The molecule has 1 amide bonds. The van der Waals surface area contributed by atoms with Gasteiger partial charge < -0.3 is 14.8 Å². The van der Waals surface area contributed by atoms with Gasteiger partial charge in [-0.3, -0.25) is 14.9 Å². The smallest absolute Gasteiger partial charge is 0.387 e. The SMILES string of the molecule is O=C(COC(=O)c1ccc(OC(F)F)cc1)Nc1cccc([N+](=O)[O-])c1. The van der Waals surface area contributed by atoms with Crippen molar-refractivity contribution < 1.29 is 32.8 Å². The van der Waals surface area contributed by atoms with E-state index in [1.165, 1.54) is 30.3 Å². The van der Waals surface area contributed by atoms with Crippen molar-refractivity contribution in [1.29, 1.82) is 0 Å². The molecular formula is C16H12F2N2O6. The van der Waals surface area contributed by atoms with Crippen LogP contribution >= 0.6 is 0 Å². The number of carbonyl (C=O) groups is 2. The van der Waals surface area contributed by atoms with Gasteiger partial charge in [0.2, 0.25) is 0 Å². The molecule has 136 valence electrons. The zero-order valence-corrected chi connectivity index (χ0v) is 13.1. The van der Waals surface area contributed by atoms with Gasteiger partial charge in [-0.25, -0.2) is 4.79 Å². The first-order valence-electron chi connectivity index (χ1n) is 7.11. The molecule has 0 saturated carbocycles. The van der Waals surface area contributed by atoms with Crippen molar-refractivity contribution in [3.63, 3.8) is 0 Å². The largest absolute Gasteiger partial charge is 0.452 e. The van der Waals surface area contributed by atoms with Gasteiger partial charge in [0.1, 0.15) is 5.75 Å². The van der Waals surface area contributed by atoms with E-state index in [1.54, 1.807) is 0 Å². The van der Waals surface area contributed by atoms with Gasteiger partial charge in [-0.1, -0.05) is 6.07 Å². The Hall–Kier alpha value is -3.56. The van der Waals surface area contributed by atoms with E-state index in [9.17, 15) is 28.5 Å². The van der Waals surface area contributed by atoms with Gasteiger partial charge in [-0.2, -0.15) is 8.78 Å². The molecular weight excluding hydrogens is 354 g/mol. The molecule has 0 aliphatic carbocycles. The maximum atomic E-state index is 12.0. The lowest BCUT2D eigenvalue weighted by Crippen LogP contribution is -2.21. The van der Waals surface area contributed by atoms with Crippen molar-refractivity contribution in [3.05, 3.63) is 64.2 Å². The maximum Gasteiger partial charge on any atom is 0.387 e. The highest BCUT2D eigenvalue weighted by Crippen LogP contribution is 2.17. The average molecular weight is 366 g/mol. The number of hydrogen-bond donors (Lipinski definition) is 1. The number of non-ortho nitro benzene ring substituents is 1. The Morgan fingerprint density at radius 1 is 1.15 bits per heavy atom. The fourth-order valence-corrected chi connectivity index (χ4v) is 1.88. The van der Waals surface area contributed by atoms with Crippen LogP contribution in [0.25, 0.3) is 0 Å². The molecule has 0 radical (unpaired) electrons. The zero-order chi connectivity index (χ0) is 19.1. The number of nitro groups is 1. The van der Waals surface area contributed by atoms with E-state index in [2.05, 4.69) is 10.1 Å². The Balaban J connectivity index is 1.87. The molecule has 2 aromatic carbocycles. The normalized spacial score (nSPS) is 10.3. The number of nitrogens with one attached hydrogen (secondary N) is 1. The maximum absolute atomic E-state index is 12.0. The minimum atomic E-state index is -2.98. The van der Waals surface area contributed by atoms with Gasteiger partial charge >= 0.3 is 12.6 Å². The second-order valence-corrected chi connectivity index (χ2v) is 4.83. The van der Waals surface area contributed by atoms with Crippen molar-refractivity contribution in [3.8, 4) is 5.75 Å². The number of benzene rings is 2. The molecule has 0 aromatic heterocycles. The monoisotopic (exact) mass is 366 g/mol. The molecule has 0 spiro atoms. The standard InChI is InChI=1S/C16H12F2N2O6/c17-16(18)26-13-6-4-10(5-7-13)15(22)25-9-14(21)19-11-2-1-3-12(8-11)20(23)24/h1-8,16H,9H2,(H,19,21). The molecule has 0 unspecified atom stereocenters. The number of ether oxygens (including phenoxy) is 2. The molecule has 26 heavy (non-hydrogen) atoms. The third kappa shape index (κ3) is 5.51. The van der Waals surface area contributed by atoms with Gasteiger partial charge in [0.25, 0.3) is 11.6 Å². The molecule has 0 aliphatic rings. The first-order valence-corrected chi connectivity index (χ1v) is 7.11. The zero-order valence-electron chi connectivity index (χ0n) is 13.1. The molecule has 0 saturated heterocycles. The Labute approximate surface area is 145 Å². The van der Waals surface area contributed by atoms with Crippen molar-refractivity contribution >= 4 is 23.3 Å². The molecule has 2 rings (SSSR count). The number of alkyl halides is 2. The molecule has 10 heteroatoms. The van der Waals surface area contributed by atoms with Gasteiger partial charge in [0.05, 0.1) is 10.5 Å². The van der Waals surface area contributed by atoms with Crippen molar-refractivity contribution in [2.75, 3.05) is 11.9 Å². The summed E-state index contributed by atoms with van der Waals surface area (Å²) in [5, 5.41) is 13.0. The number of hydrogen-bond acceptors (Lipinski definition) is 6. The number of esters is 1. The van der Waals surface area contributed by atoms with Crippen LogP contribution in [0.15, 0.2) is 48.5 Å². The molecule has 2 aromatic rings. The summed E-state index contributed by atoms with van der Waals surface area (Å²) in [6, 6.07) is 9.98. The van der Waals surface area contributed by atoms with E-state index < -0.39 is 30.0 Å². The minimum absolute atomic E-state index is 0.0368. The van der Waals surface area contributed by atoms with Crippen LogP contribution in [0, 0.1) is 10.1 Å². The van der Waals surface area contributed by atoms with Crippen LogP contribution in [0.4, 0.5) is 20.2 Å². The Morgan fingerprint density at radius 2 is 1.85 bits per heavy atom. The molecule has 0 atom stereocenters. The summed E-state index contributed by atoms with van der Waals surface area (Å²) >= 11 is 0. The number of halogens is 2.